The lowest BCUT2D eigenvalue weighted by Gasteiger charge is -2.16. The average Bonchev–Trinajstić information content (AvgIpc) is 3.40. The second-order valence-corrected chi connectivity index (χ2v) is 6.43. The fourth-order valence-corrected chi connectivity index (χ4v) is 3.09. The number of aromatic nitrogens is 5. The summed E-state index contributed by atoms with van der Waals surface area (Å²) < 4.78 is 19.9. The van der Waals surface area contributed by atoms with E-state index in [-0.39, 0.29) is 23.6 Å². The summed E-state index contributed by atoms with van der Waals surface area (Å²) in [6, 6.07) is 9.36. The number of hydrogen-bond donors (Lipinski definition) is 0. The number of rotatable bonds is 5. The molecule has 28 heavy (non-hydrogen) atoms. The molecule has 0 N–H and O–H groups in total. The maximum atomic E-state index is 14.3. The predicted molar refractivity (Wildman–Crippen MR) is 97.7 cm³/mol. The second kappa shape index (κ2) is 7.71. The summed E-state index contributed by atoms with van der Waals surface area (Å²) in [5.74, 6) is -0.840. The minimum Gasteiger partial charge on any atom is -0.470 e. The Hall–Kier alpha value is -3.36. The smallest absolute Gasteiger partial charge is 0.276 e. The Morgan fingerprint density at radius 3 is 2.89 bits per heavy atom. The van der Waals surface area contributed by atoms with Crippen LogP contribution >= 0.6 is 0 Å². The number of hydrogen-bond acceptors (Lipinski definition) is 6. The van der Waals surface area contributed by atoms with Crippen LogP contribution in [0, 0.1) is 5.82 Å². The highest BCUT2D eigenvalue weighted by Gasteiger charge is 2.31. The SMILES string of the molecule is CCc1ncnc(O[C@@H]2CCN(C(=O)c3cnn(-c4ccccc4)n3)C2)c1F. The summed E-state index contributed by atoms with van der Waals surface area (Å²) in [6.07, 6.45) is 3.45. The van der Waals surface area contributed by atoms with Crippen LogP contribution in [0.2, 0.25) is 0 Å². The second-order valence-electron chi connectivity index (χ2n) is 6.43. The van der Waals surface area contributed by atoms with Gasteiger partial charge in [0.2, 0.25) is 5.82 Å². The first-order valence-electron chi connectivity index (χ1n) is 9.08. The fourth-order valence-electron chi connectivity index (χ4n) is 3.09. The Labute approximate surface area is 161 Å². The van der Waals surface area contributed by atoms with Crippen LogP contribution in [-0.4, -0.2) is 55.0 Å². The monoisotopic (exact) mass is 382 g/mol. The highest BCUT2D eigenvalue weighted by atomic mass is 19.1. The van der Waals surface area contributed by atoms with E-state index in [2.05, 4.69) is 20.2 Å². The molecule has 0 unspecified atom stereocenters. The zero-order chi connectivity index (χ0) is 19.5. The van der Waals surface area contributed by atoms with Crippen molar-refractivity contribution in [2.75, 3.05) is 13.1 Å². The van der Waals surface area contributed by atoms with E-state index in [4.69, 9.17) is 4.74 Å². The molecule has 3 heterocycles. The molecule has 0 bridgehead atoms. The van der Waals surface area contributed by atoms with Crippen molar-refractivity contribution in [2.45, 2.75) is 25.9 Å². The van der Waals surface area contributed by atoms with Gasteiger partial charge in [-0.1, -0.05) is 25.1 Å². The third-order valence-electron chi connectivity index (χ3n) is 4.57. The highest BCUT2D eigenvalue weighted by molar-refractivity contribution is 5.92. The maximum absolute atomic E-state index is 14.3. The van der Waals surface area contributed by atoms with E-state index in [9.17, 15) is 9.18 Å². The van der Waals surface area contributed by atoms with Crippen molar-refractivity contribution in [1.29, 1.82) is 0 Å². The number of carbonyl (C=O) groups is 1. The molecule has 1 amide bonds. The average molecular weight is 382 g/mol. The topological polar surface area (TPSA) is 86.0 Å². The number of aryl methyl sites for hydroxylation is 1. The van der Waals surface area contributed by atoms with Gasteiger partial charge in [-0.05, 0) is 18.6 Å². The van der Waals surface area contributed by atoms with E-state index in [0.717, 1.165) is 5.69 Å². The molecule has 9 heteroatoms. The maximum Gasteiger partial charge on any atom is 0.276 e. The first-order chi connectivity index (χ1) is 13.7. The van der Waals surface area contributed by atoms with Gasteiger partial charge >= 0.3 is 0 Å². The number of likely N-dealkylation sites (tertiary alicyclic amines) is 1. The van der Waals surface area contributed by atoms with Gasteiger partial charge in [0.1, 0.15) is 12.4 Å². The summed E-state index contributed by atoms with van der Waals surface area (Å²) in [7, 11) is 0. The predicted octanol–water partition coefficient (Wildman–Crippen LogP) is 2.05. The summed E-state index contributed by atoms with van der Waals surface area (Å²) in [5.41, 5.74) is 1.34. The van der Waals surface area contributed by atoms with Gasteiger partial charge in [0.05, 0.1) is 24.1 Å². The molecule has 1 fully saturated rings. The third kappa shape index (κ3) is 3.55. The Bertz CT molecular complexity index is 978. The van der Waals surface area contributed by atoms with E-state index in [1.54, 1.807) is 4.90 Å². The van der Waals surface area contributed by atoms with E-state index < -0.39 is 5.82 Å². The normalized spacial score (nSPS) is 16.4. The van der Waals surface area contributed by atoms with E-state index in [1.165, 1.54) is 17.3 Å². The van der Waals surface area contributed by atoms with Crippen LogP contribution in [0.3, 0.4) is 0 Å². The molecule has 0 radical (unpaired) electrons. The third-order valence-corrected chi connectivity index (χ3v) is 4.57. The number of ether oxygens (including phenoxy) is 1. The molecule has 8 nitrogen and oxygen atoms in total. The van der Waals surface area contributed by atoms with Crippen molar-refractivity contribution in [3.63, 3.8) is 0 Å². The van der Waals surface area contributed by atoms with Gasteiger partial charge in [0.15, 0.2) is 5.69 Å². The largest absolute Gasteiger partial charge is 0.470 e. The minimum atomic E-state index is -0.541. The van der Waals surface area contributed by atoms with Gasteiger partial charge < -0.3 is 9.64 Å². The van der Waals surface area contributed by atoms with Crippen molar-refractivity contribution >= 4 is 5.91 Å². The zero-order valence-electron chi connectivity index (χ0n) is 15.3. The van der Waals surface area contributed by atoms with Crippen LogP contribution < -0.4 is 4.74 Å². The molecule has 1 aromatic carbocycles. The van der Waals surface area contributed by atoms with Crippen LogP contribution in [0.25, 0.3) is 5.69 Å². The molecule has 0 saturated carbocycles. The summed E-state index contributed by atoms with van der Waals surface area (Å²) >= 11 is 0. The molecule has 3 aromatic rings. The molecule has 0 spiro atoms. The van der Waals surface area contributed by atoms with Crippen LogP contribution in [0.1, 0.15) is 29.5 Å². The Kier molecular flexibility index (Phi) is 4.96. The van der Waals surface area contributed by atoms with Crippen molar-refractivity contribution < 1.29 is 13.9 Å². The lowest BCUT2D eigenvalue weighted by molar-refractivity contribution is 0.0763. The van der Waals surface area contributed by atoms with Crippen LogP contribution in [-0.2, 0) is 6.42 Å². The first-order valence-corrected chi connectivity index (χ1v) is 9.08. The van der Waals surface area contributed by atoms with Crippen LogP contribution in [0.4, 0.5) is 4.39 Å². The molecule has 2 aromatic heterocycles. The Balaban J connectivity index is 1.42. The molecule has 1 aliphatic heterocycles. The van der Waals surface area contributed by atoms with Gasteiger partial charge in [-0.3, -0.25) is 4.79 Å². The van der Waals surface area contributed by atoms with Crippen molar-refractivity contribution in [3.8, 4) is 11.6 Å². The van der Waals surface area contributed by atoms with Crippen LogP contribution in [0.5, 0.6) is 5.88 Å². The van der Waals surface area contributed by atoms with Crippen molar-refractivity contribution in [3.05, 3.63) is 60.1 Å². The fraction of sp³-hybridized carbons (Fsp3) is 0.316. The van der Waals surface area contributed by atoms with E-state index in [1.807, 2.05) is 37.3 Å². The molecule has 1 atom stereocenters. The van der Waals surface area contributed by atoms with Gasteiger partial charge in [0, 0.05) is 13.0 Å². The van der Waals surface area contributed by atoms with Crippen molar-refractivity contribution in [2.24, 2.45) is 0 Å². The number of nitrogens with zero attached hydrogens (tertiary/aromatic N) is 6. The minimum absolute atomic E-state index is 0.0684. The van der Waals surface area contributed by atoms with Gasteiger partial charge in [0.25, 0.3) is 11.8 Å². The molecule has 0 aliphatic carbocycles. The van der Waals surface area contributed by atoms with Gasteiger partial charge in [-0.2, -0.15) is 19.3 Å². The van der Waals surface area contributed by atoms with E-state index >= 15 is 0 Å². The molecule has 4 rings (SSSR count). The lowest BCUT2D eigenvalue weighted by Crippen LogP contribution is -2.31. The molecular formula is C19H19FN6O2. The number of halogens is 1. The Morgan fingerprint density at radius 1 is 1.29 bits per heavy atom. The number of para-hydroxylation sites is 1. The summed E-state index contributed by atoms with van der Waals surface area (Å²) in [4.78, 5) is 23.5. The summed E-state index contributed by atoms with van der Waals surface area (Å²) in [6.45, 7) is 2.64. The number of benzene rings is 1. The summed E-state index contributed by atoms with van der Waals surface area (Å²) in [5, 5.41) is 8.42. The quantitative estimate of drug-likeness (QED) is 0.671. The van der Waals surface area contributed by atoms with E-state index in [0.29, 0.717) is 31.6 Å². The van der Waals surface area contributed by atoms with Gasteiger partial charge in [-0.25, -0.2) is 4.98 Å². The molecule has 144 valence electrons. The van der Waals surface area contributed by atoms with Crippen LogP contribution in [0.15, 0.2) is 42.9 Å². The molecular weight excluding hydrogens is 363 g/mol. The number of carbonyl (C=O) groups excluding carboxylic acids is 1. The van der Waals surface area contributed by atoms with Crippen molar-refractivity contribution in [1.82, 2.24) is 29.9 Å². The molecule has 1 aliphatic rings. The zero-order valence-corrected chi connectivity index (χ0v) is 15.3. The lowest BCUT2D eigenvalue weighted by atomic mass is 10.3. The highest BCUT2D eigenvalue weighted by Crippen LogP contribution is 2.21. The first kappa shape index (κ1) is 18.0. The Morgan fingerprint density at radius 2 is 2.11 bits per heavy atom. The standard InChI is InChI=1S/C19H19FN6O2/c1-2-15-17(20)18(22-12-21-15)28-14-8-9-25(11-14)19(27)16-10-23-26(24-16)13-6-4-3-5-7-13/h3-7,10,12,14H,2,8-9,11H2,1H3/t14-/m1/s1. The molecule has 1 saturated heterocycles. The van der Waals surface area contributed by atoms with Gasteiger partial charge in [-0.15, -0.1) is 5.10 Å². The number of amides is 1.